The second-order valence-electron chi connectivity index (χ2n) is 3.78. The molecule has 11 heteroatoms. The SMILES string of the molecule is [Cl][Ti+]([Cl])[Cl].c1cnn([BH-](n2cccn2)n2cccn2)c1. The molecule has 104 valence electrons. The van der Waals surface area contributed by atoms with Crippen LogP contribution in [0.5, 0.6) is 0 Å². The van der Waals surface area contributed by atoms with Gasteiger partial charge in [0.15, 0.2) is 0 Å². The van der Waals surface area contributed by atoms with Crippen LogP contribution in [0.1, 0.15) is 0 Å². The average Bonchev–Trinajstić information content (AvgIpc) is 3.13. The van der Waals surface area contributed by atoms with E-state index in [4.69, 9.17) is 27.9 Å². The van der Waals surface area contributed by atoms with Crippen LogP contribution in [0.3, 0.4) is 0 Å². The van der Waals surface area contributed by atoms with Gasteiger partial charge in [-0.25, -0.2) is 15.3 Å². The minimum Gasteiger partial charge on any atom is -0.403 e. The molecule has 3 aromatic rings. The third-order valence-electron chi connectivity index (χ3n) is 2.55. The Bertz CT molecular complexity index is 501. The van der Waals surface area contributed by atoms with Crippen LogP contribution >= 0.6 is 27.9 Å². The number of hydrogen-bond acceptors (Lipinski definition) is 3. The third kappa shape index (κ3) is 4.39. The van der Waals surface area contributed by atoms with E-state index in [0.717, 1.165) is 0 Å². The summed E-state index contributed by atoms with van der Waals surface area (Å²) in [6.45, 7) is 0. The topological polar surface area (TPSA) is 53.5 Å². The standard InChI is InChI=1S/C9H10BN6.3ClH.Ti/c1-4-11-14(7-1)10(15-8-2-5-12-15)16-9-3-6-13-16;;;;/h1-10H;3*1H;/q-1;;;;+4/p-3. The monoisotopic (exact) mass is 366 g/mol. The molecule has 0 N–H and O–H groups in total. The van der Waals surface area contributed by atoms with E-state index in [0.29, 0.717) is 0 Å². The van der Waals surface area contributed by atoms with Crippen molar-refractivity contribution in [2.75, 3.05) is 0 Å². The molecule has 0 spiro atoms. The molecule has 0 amide bonds. The summed E-state index contributed by atoms with van der Waals surface area (Å²) in [5, 5.41) is 12.8. The van der Waals surface area contributed by atoms with Crippen LogP contribution in [0.15, 0.2) is 55.4 Å². The van der Waals surface area contributed by atoms with Gasteiger partial charge in [0, 0.05) is 18.6 Å². The first-order chi connectivity index (χ1) is 9.68. The van der Waals surface area contributed by atoms with Gasteiger partial charge in [0.1, 0.15) is 0 Å². The van der Waals surface area contributed by atoms with Gasteiger partial charge in [-0.15, -0.1) is 0 Å². The van der Waals surface area contributed by atoms with E-state index in [1.165, 1.54) is 0 Å². The molecule has 0 bridgehead atoms. The van der Waals surface area contributed by atoms with E-state index in [9.17, 15) is 0 Å². The Hall–Kier alpha value is -0.721. The number of rotatable bonds is 3. The molecule has 0 saturated heterocycles. The maximum absolute atomic E-state index is 4.97. The Kier molecular flexibility index (Phi) is 6.19. The normalized spacial score (nSPS) is 10.2. The first-order valence-corrected chi connectivity index (χ1v) is 12.1. The van der Waals surface area contributed by atoms with Gasteiger partial charge in [-0.1, -0.05) is 0 Å². The van der Waals surface area contributed by atoms with Crippen molar-refractivity contribution in [3.05, 3.63) is 55.4 Å². The van der Waals surface area contributed by atoms with Crippen molar-refractivity contribution in [1.82, 2.24) is 29.1 Å². The van der Waals surface area contributed by atoms with Crippen LogP contribution in [0.25, 0.3) is 0 Å². The molecule has 0 unspecified atom stereocenters. The molecule has 0 aliphatic heterocycles. The van der Waals surface area contributed by atoms with Gasteiger partial charge in [-0.2, -0.15) is 0 Å². The van der Waals surface area contributed by atoms with Crippen molar-refractivity contribution < 1.29 is 14.7 Å². The van der Waals surface area contributed by atoms with Crippen LogP contribution < -0.4 is 0 Å². The summed E-state index contributed by atoms with van der Waals surface area (Å²) < 4.78 is 5.62. The van der Waals surface area contributed by atoms with Gasteiger partial charge in [0.2, 0.25) is 0 Å². The maximum atomic E-state index is 4.97. The molecule has 3 rings (SSSR count). The summed E-state index contributed by atoms with van der Waals surface area (Å²) in [6, 6.07) is 5.69. The van der Waals surface area contributed by atoms with E-state index in [-0.39, 0.29) is 0 Å². The van der Waals surface area contributed by atoms with Gasteiger partial charge in [-0.05, 0) is 36.8 Å². The second kappa shape index (κ2) is 7.90. The predicted molar refractivity (Wildman–Crippen MR) is 77.6 cm³/mol. The Labute approximate surface area is 133 Å². The molecule has 20 heavy (non-hydrogen) atoms. The van der Waals surface area contributed by atoms with E-state index >= 15 is 0 Å². The number of nitrogens with zero attached hydrogens (tertiary/aromatic N) is 6. The Balaban J connectivity index is 0.000000328. The zero-order valence-electron chi connectivity index (χ0n) is 10.2. The minimum absolute atomic E-state index is 1.12. The Morgan fingerprint density at radius 1 is 0.700 bits per heavy atom. The number of aromatic nitrogens is 6. The zero-order valence-corrected chi connectivity index (χ0v) is 14.0. The van der Waals surface area contributed by atoms with Gasteiger partial charge < -0.3 is 13.8 Å². The Morgan fingerprint density at radius 3 is 1.20 bits per heavy atom. The van der Waals surface area contributed by atoms with Gasteiger partial charge in [0.05, 0.1) is 0 Å². The van der Waals surface area contributed by atoms with E-state index in [1.54, 1.807) is 18.6 Å². The molecule has 0 atom stereocenters. The summed E-state index contributed by atoms with van der Waals surface area (Å²) in [5.74, 6) is 0. The summed E-state index contributed by atoms with van der Waals surface area (Å²) in [7, 11) is 13.8. The van der Waals surface area contributed by atoms with Crippen LogP contribution in [0.2, 0.25) is 0 Å². The summed E-state index contributed by atoms with van der Waals surface area (Å²) in [4.78, 5) is 0. The fraction of sp³-hybridized carbons (Fsp3) is 0. The first-order valence-electron chi connectivity index (χ1n) is 5.66. The van der Waals surface area contributed by atoms with Crippen molar-refractivity contribution in [1.29, 1.82) is 0 Å². The largest absolute Gasteiger partial charge is 0.403 e. The van der Waals surface area contributed by atoms with Crippen molar-refractivity contribution >= 4 is 35.0 Å². The van der Waals surface area contributed by atoms with Crippen molar-refractivity contribution in [3.63, 3.8) is 0 Å². The van der Waals surface area contributed by atoms with Crippen LogP contribution in [-0.4, -0.2) is 36.2 Å². The smallest absolute Gasteiger partial charge is 0.325 e. The van der Waals surface area contributed by atoms with Crippen LogP contribution in [-0.2, 0) is 14.7 Å². The van der Waals surface area contributed by atoms with Gasteiger partial charge >= 0.3 is 49.7 Å². The van der Waals surface area contributed by atoms with Crippen LogP contribution in [0.4, 0.5) is 0 Å². The number of hydrogen-bond donors (Lipinski definition) is 0. The summed E-state index contributed by atoms with van der Waals surface area (Å²) in [6.07, 6.45) is 11.0. The van der Waals surface area contributed by atoms with E-state index in [2.05, 4.69) is 15.3 Å². The molecule has 6 nitrogen and oxygen atoms in total. The second-order valence-corrected chi connectivity index (χ2v) is 11.5. The van der Waals surface area contributed by atoms with E-state index in [1.807, 2.05) is 50.6 Å². The van der Waals surface area contributed by atoms with Gasteiger partial charge in [-0.3, -0.25) is 0 Å². The number of halogens is 3. The van der Waals surface area contributed by atoms with Crippen molar-refractivity contribution in [2.45, 2.75) is 0 Å². The molecule has 0 aromatic carbocycles. The summed E-state index contributed by atoms with van der Waals surface area (Å²) >= 11 is -1.92. The predicted octanol–water partition coefficient (Wildman–Crippen LogP) is 2.00. The molecular formula is C9H10BCl3N6Ti. The van der Waals surface area contributed by atoms with Gasteiger partial charge in [0.25, 0.3) is 0 Å². The molecule has 0 saturated carbocycles. The molecule has 0 aliphatic rings. The molecule has 3 aromatic heterocycles. The maximum Gasteiger partial charge on any atom is 0.325 e. The molecule has 0 fully saturated rings. The quantitative estimate of drug-likeness (QED) is 0.666. The first kappa shape index (κ1) is 15.7. The fourth-order valence-corrected chi connectivity index (χ4v) is 1.85. The zero-order chi connectivity index (χ0) is 14.4. The minimum atomic E-state index is -1.92. The Morgan fingerprint density at radius 2 is 1.00 bits per heavy atom. The fourth-order valence-electron chi connectivity index (χ4n) is 1.85. The third-order valence-corrected chi connectivity index (χ3v) is 2.55. The summed E-state index contributed by atoms with van der Waals surface area (Å²) in [5.41, 5.74) is 0. The molecule has 0 aliphatic carbocycles. The van der Waals surface area contributed by atoms with E-state index < -0.39 is 21.8 Å². The van der Waals surface area contributed by atoms with Crippen LogP contribution in [0, 0.1) is 0 Å². The van der Waals surface area contributed by atoms with Crippen molar-refractivity contribution in [2.24, 2.45) is 0 Å². The van der Waals surface area contributed by atoms with Crippen molar-refractivity contribution in [3.8, 4) is 0 Å². The average molecular weight is 367 g/mol. The molecule has 0 radical (unpaired) electrons. The molecule has 3 heterocycles. The molecular weight excluding hydrogens is 357 g/mol.